The molecule has 3 nitrogen and oxygen atoms in total. The van der Waals surface area contributed by atoms with E-state index in [2.05, 4.69) is 11.9 Å². The summed E-state index contributed by atoms with van der Waals surface area (Å²) in [7, 11) is 0. The Kier molecular flexibility index (Phi) is 3.18. The predicted octanol–water partition coefficient (Wildman–Crippen LogP) is 2.45. The standard InChI is InChI=1S/C14H17NO2/c1-3-4-11-8-12(15-14(11)17)10-5-6-13(16)9(2)7-10/h3,5-7,11-12,16H,1,4,8H2,2H3,(H,15,17)/t11-,12+/m1/s1. The van der Waals surface area contributed by atoms with E-state index >= 15 is 0 Å². The molecule has 1 saturated heterocycles. The van der Waals surface area contributed by atoms with Crippen molar-refractivity contribution in [3.05, 3.63) is 42.0 Å². The van der Waals surface area contributed by atoms with Crippen LogP contribution in [0.3, 0.4) is 0 Å². The lowest BCUT2D eigenvalue weighted by molar-refractivity contribution is -0.122. The van der Waals surface area contributed by atoms with Crippen molar-refractivity contribution in [3.8, 4) is 5.75 Å². The summed E-state index contributed by atoms with van der Waals surface area (Å²) in [6, 6.07) is 5.53. The van der Waals surface area contributed by atoms with Crippen LogP contribution < -0.4 is 5.32 Å². The van der Waals surface area contributed by atoms with Crippen LogP contribution in [-0.4, -0.2) is 11.0 Å². The Bertz CT molecular complexity index is 454. The molecule has 3 heteroatoms. The first-order chi connectivity index (χ1) is 8.11. The quantitative estimate of drug-likeness (QED) is 0.785. The average Bonchev–Trinajstić information content (AvgIpc) is 2.65. The molecule has 0 aromatic heterocycles. The number of rotatable bonds is 3. The molecule has 0 spiro atoms. The lowest BCUT2D eigenvalue weighted by Gasteiger charge is -2.11. The average molecular weight is 231 g/mol. The molecule has 1 amide bonds. The molecule has 0 radical (unpaired) electrons. The molecular formula is C14H17NO2. The van der Waals surface area contributed by atoms with Crippen LogP contribution in [0.5, 0.6) is 5.75 Å². The minimum atomic E-state index is 0.0339. The Morgan fingerprint density at radius 2 is 2.35 bits per heavy atom. The monoisotopic (exact) mass is 231 g/mol. The molecule has 2 atom stereocenters. The molecule has 1 aromatic carbocycles. The number of phenols is 1. The van der Waals surface area contributed by atoms with Gasteiger partial charge in [0.15, 0.2) is 0 Å². The van der Waals surface area contributed by atoms with Gasteiger partial charge in [-0.15, -0.1) is 6.58 Å². The van der Waals surface area contributed by atoms with Crippen molar-refractivity contribution < 1.29 is 9.90 Å². The number of hydrogen-bond acceptors (Lipinski definition) is 2. The highest BCUT2D eigenvalue weighted by atomic mass is 16.3. The third kappa shape index (κ3) is 2.33. The van der Waals surface area contributed by atoms with Crippen molar-refractivity contribution in [1.82, 2.24) is 5.32 Å². The van der Waals surface area contributed by atoms with Crippen molar-refractivity contribution in [2.75, 3.05) is 0 Å². The Morgan fingerprint density at radius 3 is 3.00 bits per heavy atom. The van der Waals surface area contributed by atoms with Crippen molar-refractivity contribution in [3.63, 3.8) is 0 Å². The van der Waals surface area contributed by atoms with Gasteiger partial charge in [0.25, 0.3) is 0 Å². The third-order valence-corrected chi connectivity index (χ3v) is 3.28. The maximum Gasteiger partial charge on any atom is 0.223 e. The van der Waals surface area contributed by atoms with Crippen LogP contribution in [0, 0.1) is 12.8 Å². The third-order valence-electron chi connectivity index (χ3n) is 3.28. The van der Waals surface area contributed by atoms with Gasteiger partial charge in [0.1, 0.15) is 5.75 Å². The Labute approximate surface area is 101 Å². The molecule has 0 bridgehead atoms. The highest BCUT2D eigenvalue weighted by Crippen LogP contribution is 2.31. The van der Waals surface area contributed by atoms with Gasteiger partial charge in [-0.3, -0.25) is 4.79 Å². The number of allylic oxidation sites excluding steroid dienone is 1. The number of phenolic OH excluding ortho intramolecular Hbond substituents is 1. The minimum Gasteiger partial charge on any atom is -0.508 e. The van der Waals surface area contributed by atoms with Crippen LogP contribution in [0.4, 0.5) is 0 Å². The van der Waals surface area contributed by atoms with Gasteiger partial charge in [-0.1, -0.05) is 18.2 Å². The number of aromatic hydroxyl groups is 1. The van der Waals surface area contributed by atoms with Crippen LogP contribution in [-0.2, 0) is 4.79 Å². The first kappa shape index (κ1) is 11.7. The molecule has 2 rings (SSSR count). The SMILES string of the molecule is C=CC[C@@H]1C[C@@H](c2ccc(O)c(C)c2)NC1=O. The molecule has 1 heterocycles. The molecule has 1 fully saturated rings. The summed E-state index contributed by atoms with van der Waals surface area (Å²) in [6.07, 6.45) is 3.31. The largest absolute Gasteiger partial charge is 0.508 e. The van der Waals surface area contributed by atoms with Crippen LogP contribution in [0.2, 0.25) is 0 Å². The van der Waals surface area contributed by atoms with Crippen LogP contribution in [0.25, 0.3) is 0 Å². The van der Waals surface area contributed by atoms with Gasteiger partial charge in [-0.25, -0.2) is 0 Å². The molecule has 1 aromatic rings. The maximum absolute atomic E-state index is 11.7. The number of nitrogens with one attached hydrogen (secondary N) is 1. The number of benzene rings is 1. The summed E-state index contributed by atoms with van der Waals surface area (Å²) in [5, 5.41) is 12.5. The topological polar surface area (TPSA) is 49.3 Å². The molecule has 1 aliphatic heterocycles. The fraction of sp³-hybridized carbons (Fsp3) is 0.357. The molecule has 2 N–H and O–H groups in total. The van der Waals surface area contributed by atoms with Crippen molar-refractivity contribution in [1.29, 1.82) is 0 Å². The Hall–Kier alpha value is -1.77. The molecule has 0 saturated carbocycles. The van der Waals surface area contributed by atoms with Crippen LogP contribution >= 0.6 is 0 Å². The first-order valence-corrected chi connectivity index (χ1v) is 5.82. The number of amides is 1. The lowest BCUT2D eigenvalue weighted by atomic mass is 9.96. The van der Waals surface area contributed by atoms with E-state index in [1.54, 1.807) is 12.1 Å². The molecule has 90 valence electrons. The zero-order valence-electron chi connectivity index (χ0n) is 9.94. The highest BCUT2D eigenvalue weighted by molar-refractivity contribution is 5.81. The second-order valence-electron chi connectivity index (χ2n) is 4.56. The minimum absolute atomic E-state index is 0.0339. The summed E-state index contributed by atoms with van der Waals surface area (Å²) >= 11 is 0. The fourth-order valence-electron chi connectivity index (χ4n) is 2.26. The van der Waals surface area contributed by atoms with Gasteiger partial charge in [0.05, 0.1) is 6.04 Å². The first-order valence-electron chi connectivity index (χ1n) is 5.82. The summed E-state index contributed by atoms with van der Waals surface area (Å²) < 4.78 is 0. The van der Waals surface area contributed by atoms with Gasteiger partial charge < -0.3 is 10.4 Å². The van der Waals surface area contributed by atoms with E-state index in [9.17, 15) is 9.90 Å². The van der Waals surface area contributed by atoms with Gasteiger partial charge in [-0.05, 0) is 37.0 Å². The summed E-state index contributed by atoms with van der Waals surface area (Å²) in [6.45, 7) is 5.53. The van der Waals surface area contributed by atoms with E-state index in [4.69, 9.17) is 0 Å². The normalized spacial score (nSPS) is 23.5. The number of aryl methyl sites for hydroxylation is 1. The zero-order chi connectivity index (χ0) is 12.4. The Balaban J connectivity index is 2.16. The molecule has 0 aliphatic carbocycles. The van der Waals surface area contributed by atoms with Gasteiger partial charge in [0.2, 0.25) is 5.91 Å². The maximum atomic E-state index is 11.7. The lowest BCUT2D eigenvalue weighted by Crippen LogP contribution is -2.21. The van der Waals surface area contributed by atoms with Crippen molar-refractivity contribution in [2.24, 2.45) is 5.92 Å². The summed E-state index contributed by atoms with van der Waals surface area (Å²) in [5.74, 6) is 0.424. The second kappa shape index (κ2) is 4.62. The number of hydrogen-bond donors (Lipinski definition) is 2. The molecule has 0 unspecified atom stereocenters. The molecule has 17 heavy (non-hydrogen) atoms. The van der Waals surface area contributed by atoms with Gasteiger partial charge in [0, 0.05) is 5.92 Å². The van der Waals surface area contributed by atoms with Crippen molar-refractivity contribution in [2.45, 2.75) is 25.8 Å². The summed E-state index contributed by atoms with van der Waals surface area (Å²) in [5.41, 5.74) is 1.89. The molecular weight excluding hydrogens is 214 g/mol. The van der Waals surface area contributed by atoms with E-state index in [0.717, 1.165) is 24.0 Å². The smallest absolute Gasteiger partial charge is 0.223 e. The van der Waals surface area contributed by atoms with Crippen molar-refractivity contribution >= 4 is 5.91 Å². The van der Waals surface area contributed by atoms with Crippen LogP contribution in [0.1, 0.15) is 30.0 Å². The zero-order valence-corrected chi connectivity index (χ0v) is 9.94. The van der Waals surface area contributed by atoms with E-state index in [-0.39, 0.29) is 17.9 Å². The Morgan fingerprint density at radius 1 is 1.59 bits per heavy atom. The van der Waals surface area contributed by atoms with Crippen LogP contribution in [0.15, 0.2) is 30.9 Å². The summed E-state index contributed by atoms with van der Waals surface area (Å²) in [4.78, 5) is 11.7. The highest BCUT2D eigenvalue weighted by Gasteiger charge is 2.31. The number of carbonyl (C=O) groups is 1. The van der Waals surface area contributed by atoms with E-state index in [1.165, 1.54) is 0 Å². The second-order valence-corrected chi connectivity index (χ2v) is 4.56. The van der Waals surface area contributed by atoms with Gasteiger partial charge in [-0.2, -0.15) is 0 Å². The number of carbonyl (C=O) groups excluding carboxylic acids is 1. The van der Waals surface area contributed by atoms with E-state index < -0.39 is 0 Å². The van der Waals surface area contributed by atoms with Gasteiger partial charge >= 0.3 is 0 Å². The molecule has 1 aliphatic rings. The van der Waals surface area contributed by atoms with E-state index in [0.29, 0.717) is 5.75 Å². The van der Waals surface area contributed by atoms with E-state index in [1.807, 2.05) is 19.1 Å². The fourth-order valence-corrected chi connectivity index (χ4v) is 2.26. The predicted molar refractivity (Wildman–Crippen MR) is 66.6 cm³/mol.